The fourth-order valence-electron chi connectivity index (χ4n) is 1.86. The molecular weight excluding hydrogens is 207 g/mol. The normalized spacial score (nSPS) is 14.8. The topological polar surface area (TPSA) is 42.7 Å². The summed E-state index contributed by atoms with van der Waals surface area (Å²) < 4.78 is 14.8. The molecule has 1 aliphatic rings. The molecule has 5 heteroatoms. The number of imidazole rings is 1. The van der Waals surface area contributed by atoms with Gasteiger partial charge < -0.3 is 9.88 Å². The molecule has 4 nitrogen and oxygen atoms in total. The minimum absolute atomic E-state index is 0.464. The van der Waals surface area contributed by atoms with Crippen LogP contribution in [0, 0.1) is 5.95 Å². The summed E-state index contributed by atoms with van der Waals surface area (Å²) in [4.78, 5) is 8.12. The molecule has 0 saturated carbocycles. The third-order valence-electron chi connectivity index (χ3n) is 2.69. The summed E-state index contributed by atoms with van der Waals surface area (Å²) in [6, 6.07) is 3.05. The molecule has 3 rings (SSSR count). The van der Waals surface area contributed by atoms with Crippen LogP contribution >= 0.6 is 0 Å². The predicted molar refractivity (Wildman–Crippen MR) is 57.1 cm³/mol. The molecule has 82 valence electrons. The molecule has 0 aliphatic carbocycles. The number of pyridine rings is 1. The fourth-order valence-corrected chi connectivity index (χ4v) is 1.86. The van der Waals surface area contributed by atoms with E-state index in [0.29, 0.717) is 0 Å². The van der Waals surface area contributed by atoms with Gasteiger partial charge in [0.05, 0.1) is 12.2 Å². The number of fused-ring (bicyclic) bond motifs is 1. The van der Waals surface area contributed by atoms with E-state index in [0.717, 1.165) is 36.7 Å². The summed E-state index contributed by atoms with van der Waals surface area (Å²) in [5.74, 6) is 0.556. The van der Waals surface area contributed by atoms with E-state index in [1.54, 1.807) is 6.07 Å². The second-order valence-corrected chi connectivity index (χ2v) is 3.78. The number of aromatic nitrogens is 3. The Bertz CT molecular complexity index is 480. The van der Waals surface area contributed by atoms with Crippen molar-refractivity contribution in [3.63, 3.8) is 0 Å². The summed E-state index contributed by atoms with van der Waals surface area (Å²) in [6.07, 6.45) is 3.50. The lowest BCUT2D eigenvalue weighted by Crippen LogP contribution is -2.27. The standard InChI is InChI=1S/C11H11FN4/c12-10-2-1-8(5-14-10)9-7-16-4-3-13-6-11(16)15-9/h1-2,5,7,13H,3-4,6H2. The Morgan fingerprint density at radius 1 is 1.38 bits per heavy atom. The maximum absolute atomic E-state index is 12.7. The van der Waals surface area contributed by atoms with Crippen molar-refractivity contribution in [2.24, 2.45) is 0 Å². The van der Waals surface area contributed by atoms with E-state index in [4.69, 9.17) is 0 Å². The van der Waals surface area contributed by atoms with Crippen molar-refractivity contribution in [2.45, 2.75) is 13.1 Å². The van der Waals surface area contributed by atoms with E-state index in [-0.39, 0.29) is 0 Å². The SMILES string of the molecule is Fc1ccc(-c2cn3c(n2)CNCC3)cn1. The Labute approximate surface area is 92.2 Å². The summed E-state index contributed by atoms with van der Waals surface area (Å²) >= 11 is 0. The van der Waals surface area contributed by atoms with Crippen molar-refractivity contribution in [3.8, 4) is 11.3 Å². The van der Waals surface area contributed by atoms with Gasteiger partial charge in [-0.3, -0.25) is 0 Å². The second-order valence-electron chi connectivity index (χ2n) is 3.78. The van der Waals surface area contributed by atoms with Gasteiger partial charge in [-0.05, 0) is 12.1 Å². The van der Waals surface area contributed by atoms with Gasteiger partial charge in [-0.2, -0.15) is 4.39 Å². The molecule has 0 saturated heterocycles. The molecule has 2 aromatic rings. The molecular formula is C11H11FN4. The fraction of sp³-hybridized carbons (Fsp3) is 0.273. The third-order valence-corrected chi connectivity index (χ3v) is 2.69. The predicted octanol–water partition coefficient (Wildman–Crippen LogP) is 1.19. The van der Waals surface area contributed by atoms with Crippen LogP contribution in [0.2, 0.25) is 0 Å². The molecule has 0 bridgehead atoms. The average Bonchev–Trinajstić information content (AvgIpc) is 2.73. The van der Waals surface area contributed by atoms with Gasteiger partial charge in [0.1, 0.15) is 5.82 Å². The van der Waals surface area contributed by atoms with E-state index in [9.17, 15) is 4.39 Å². The van der Waals surface area contributed by atoms with Crippen molar-refractivity contribution >= 4 is 0 Å². The van der Waals surface area contributed by atoms with Crippen molar-refractivity contribution < 1.29 is 4.39 Å². The number of hydrogen-bond acceptors (Lipinski definition) is 3. The third kappa shape index (κ3) is 1.59. The number of nitrogens with one attached hydrogen (secondary N) is 1. The number of rotatable bonds is 1. The molecule has 0 spiro atoms. The van der Waals surface area contributed by atoms with Gasteiger partial charge in [0.2, 0.25) is 5.95 Å². The average molecular weight is 218 g/mol. The zero-order valence-electron chi connectivity index (χ0n) is 8.65. The highest BCUT2D eigenvalue weighted by Crippen LogP contribution is 2.18. The van der Waals surface area contributed by atoms with Gasteiger partial charge in [-0.25, -0.2) is 9.97 Å². The first-order valence-electron chi connectivity index (χ1n) is 5.21. The Hall–Kier alpha value is -1.75. The van der Waals surface area contributed by atoms with E-state index in [1.807, 2.05) is 6.20 Å². The van der Waals surface area contributed by atoms with Crippen molar-refractivity contribution in [3.05, 3.63) is 36.3 Å². The van der Waals surface area contributed by atoms with Gasteiger partial charge >= 0.3 is 0 Å². The molecule has 2 aromatic heterocycles. The highest BCUT2D eigenvalue weighted by Gasteiger charge is 2.12. The largest absolute Gasteiger partial charge is 0.332 e. The smallest absolute Gasteiger partial charge is 0.212 e. The van der Waals surface area contributed by atoms with Gasteiger partial charge in [0, 0.05) is 31.0 Å². The van der Waals surface area contributed by atoms with Gasteiger partial charge in [0.15, 0.2) is 0 Å². The zero-order chi connectivity index (χ0) is 11.0. The van der Waals surface area contributed by atoms with Crippen molar-refractivity contribution in [1.82, 2.24) is 19.9 Å². The van der Waals surface area contributed by atoms with Crippen LogP contribution in [0.5, 0.6) is 0 Å². The molecule has 1 aliphatic heterocycles. The van der Waals surface area contributed by atoms with E-state index in [1.165, 1.54) is 12.3 Å². The molecule has 3 heterocycles. The Morgan fingerprint density at radius 3 is 3.06 bits per heavy atom. The second kappa shape index (κ2) is 3.68. The molecule has 0 radical (unpaired) electrons. The quantitative estimate of drug-likeness (QED) is 0.731. The van der Waals surface area contributed by atoms with Crippen molar-refractivity contribution in [1.29, 1.82) is 0 Å². The summed E-state index contributed by atoms with van der Waals surface area (Å²) in [5.41, 5.74) is 1.70. The lowest BCUT2D eigenvalue weighted by atomic mass is 10.2. The lowest BCUT2D eigenvalue weighted by Gasteiger charge is -2.13. The van der Waals surface area contributed by atoms with E-state index >= 15 is 0 Å². The molecule has 0 unspecified atom stereocenters. The van der Waals surface area contributed by atoms with Crippen LogP contribution in [-0.4, -0.2) is 21.1 Å². The van der Waals surface area contributed by atoms with Crippen molar-refractivity contribution in [2.75, 3.05) is 6.54 Å². The molecule has 1 N–H and O–H groups in total. The van der Waals surface area contributed by atoms with E-state index in [2.05, 4.69) is 19.9 Å². The summed E-state index contributed by atoms with van der Waals surface area (Å²) in [5, 5.41) is 3.26. The molecule has 0 aromatic carbocycles. The van der Waals surface area contributed by atoms with Crippen LogP contribution in [0.4, 0.5) is 4.39 Å². The number of halogens is 1. The molecule has 0 amide bonds. The van der Waals surface area contributed by atoms with Crippen LogP contribution in [0.15, 0.2) is 24.5 Å². The monoisotopic (exact) mass is 218 g/mol. The van der Waals surface area contributed by atoms with Crippen LogP contribution in [-0.2, 0) is 13.1 Å². The van der Waals surface area contributed by atoms with Crippen LogP contribution in [0.1, 0.15) is 5.82 Å². The van der Waals surface area contributed by atoms with Crippen LogP contribution in [0.25, 0.3) is 11.3 Å². The molecule has 0 fully saturated rings. The highest BCUT2D eigenvalue weighted by atomic mass is 19.1. The van der Waals surface area contributed by atoms with Crippen LogP contribution < -0.4 is 5.32 Å². The highest BCUT2D eigenvalue weighted by molar-refractivity contribution is 5.57. The molecule has 16 heavy (non-hydrogen) atoms. The Balaban J connectivity index is 2.00. The lowest BCUT2D eigenvalue weighted by molar-refractivity contribution is 0.505. The van der Waals surface area contributed by atoms with Gasteiger partial charge in [-0.1, -0.05) is 0 Å². The number of hydrogen-bond donors (Lipinski definition) is 1. The maximum Gasteiger partial charge on any atom is 0.212 e. The summed E-state index contributed by atoms with van der Waals surface area (Å²) in [7, 11) is 0. The molecule has 0 atom stereocenters. The van der Waals surface area contributed by atoms with Crippen LogP contribution in [0.3, 0.4) is 0 Å². The van der Waals surface area contributed by atoms with E-state index < -0.39 is 5.95 Å². The first-order valence-corrected chi connectivity index (χ1v) is 5.21. The minimum Gasteiger partial charge on any atom is -0.332 e. The minimum atomic E-state index is -0.464. The Morgan fingerprint density at radius 2 is 2.31 bits per heavy atom. The summed E-state index contributed by atoms with van der Waals surface area (Å²) in [6.45, 7) is 2.68. The maximum atomic E-state index is 12.7. The first-order chi connectivity index (χ1) is 7.83. The zero-order valence-corrected chi connectivity index (χ0v) is 8.65. The van der Waals surface area contributed by atoms with Gasteiger partial charge in [0.25, 0.3) is 0 Å². The first kappa shape index (κ1) is 9.47. The van der Waals surface area contributed by atoms with Gasteiger partial charge in [-0.15, -0.1) is 0 Å². The Kier molecular flexibility index (Phi) is 2.18. The number of nitrogens with zero attached hydrogens (tertiary/aromatic N) is 3.